The maximum Gasteiger partial charge on any atom is 0.128 e. The van der Waals surface area contributed by atoms with Crippen LogP contribution in [0.3, 0.4) is 0 Å². The first-order chi connectivity index (χ1) is 9.15. The van der Waals surface area contributed by atoms with Gasteiger partial charge in [0.15, 0.2) is 0 Å². The number of aliphatic hydroxyl groups is 1. The van der Waals surface area contributed by atoms with E-state index >= 15 is 0 Å². The van der Waals surface area contributed by atoms with Crippen LogP contribution in [0.4, 0.5) is 4.39 Å². The average Bonchev–Trinajstić information content (AvgIpc) is 2.42. The molecule has 0 fully saturated rings. The topological polar surface area (TPSA) is 49.5 Å². The maximum atomic E-state index is 14.0. The van der Waals surface area contributed by atoms with Gasteiger partial charge in [-0.25, -0.2) is 4.39 Å². The summed E-state index contributed by atoms with van der Waals surface area (Å²) in [6.07, 6.45) is 2.00. The van der Waals surface area contributed by atoms with Gasteiger partial charge in [0.05, 0.1) is 6.61 Å². The Morgan fingerprint density at radius 1 is 1.32 bits per heavy atom. The third-order valence-electron chi connectivity index (χ3n) is 3.57. The second-order valence-electron chi connectivity index (χ2n) is 4.79. The zero-order chi connectivity index (χ0) is 14.3. The van der Waals surface area contributed by atoms with Gasteiger partial charge in [0, 0.05) is 31.2 Å². The van der Waals surface area contributed by atoms with Crippen molar-refractivity contribution in [3.63, 3.8) is 0 Å². The van der Waals surface area contributed by atoms with E-state index in [2.05, 4.69) is 18.7 Å². The quantitative estimate of drug-likeness (QED) is 0.760. The summed E-state index contributed by atoms with van der Waals surface area (Å²) in [4.78, 5) is 2.14. The lowest BCUT2D eigenvalue weighted by atomic mass is 10.1. The lowest BCUT2D eigenvalue weighted by molar-refractivity contribution is 0.135. The van der Waals surface area contributed by atoms with Crippen LogP contribution in [0.2, 0.25) is 0 Å². The van der Waals surface area contributed by atoms with E-state index in [1.54, 1.807) is 6.07 Å². The fourth-order valence-electron chi connectivity index (χ4n) is 2.39. The molecule has 0 amide bonds. The van der Waals surface area contributed by atoms with Crippen LogP contribution in [-0.4, -0.2) is 29.2 Å². The van der Waals surface area contributed by atoms with Gasteiger partial charge < -0.3 is 10.8 Å². The summed E-state index contributed by atoms with van der Waals surface area (Å²) >= 11 is 0. The first kappa shape index (κ1) is 16.1. The number of hydrogen-bond acceptors (Lipinski definition) is 3. The Bertz CT molecular complexity index is 380. The number of nitrogens with zero attached hydrogens (tertiary/aromatic N) is 1. The molecule has 108 valence electrons. The van der Waals surface area contributed by atoms with Crippen molar-refractivity contribution in [3.05, 3.63) is 35.1 Å². The summed E-state index contributed by atoms with van der Waals surface area (Å²) < 4.78 is 14.0. The Kier molecular flexibility index (Phi) is 6.99. The van der Waals surface area contributed by atoms with E-state index < -0.39 is 0 Å². The van der Waals surface area contributed by atoms with Gasteiger partial charge in [0.2, 0.25) is 0 Å². The molecule has 0 aromatic heterocycles. The van der Waals surface area contributed by atoms with E-state index in [1.807, 2.05) is 6.07 Å². The molecule has 0 atom stereocenters. The van der Waals surface area contributed by atoms with Crippen LogP contribution in [0.15, 0.2) is 18.2 Å². The standard InChI is InChI=1S/C15H25FN2O/c1-3-14(4-2)18(7-8-19)11-13-6-5-12(10-17)9-15(13)16/h5-6,9,14,19H,3-4,7-8,10-11,17H2,1-2H3. The molecule has 0 saturated carbocycles. The van der Waals surface area contributed by atoms with Crippen LogP contribution >= 0.6 is 0 Å². The normalized spacial score (nSPS) is 11.5. The minimum atomic E-state index is -0.211. The van der Waals surface area contributed by atoms with Crippen LogP contribution in [0, 0.1) is 5.82 Å². The highest BCUT2D eigenvalue weighted by Crippen LogP contribution is 2.17. The minimum absolute atomic E-state index is 0.0962. The third kappa shape index (κ3) is 4.56. The van der Waals surface area contributed by atoms with E-state index in [1.165, 1.54) is 6.07 Å². The number of benzene rings is 1. The summed E-state index contributed by atoms with van der Waals surface area (Å²) in [6, 6.07) is 5.53. The molecule has 19 heavy (non-hydrogen) atoms. The van der Waals surface area contributed by atoms with Gasteiger partial charge in [0.25, 0.3) is 0 Å². The van der Waals surface area contributed by atoms with Crippen molar-refractivity contribution in [3.8, 4) is 0 Å². The summed E-state index contributed by atoms with van der Waals surface area (Å²) in [5.41, 5.74) is 6.97. The highest BCUT2D eigenvalue weighted by Gasteiger charge is 2.16. The van der Waals surface area contributed by atoms with Gasteiger partial charge in [0.1, 0.15) is 5.82 Å². The lowest BCUT2D eigenvalue weighted by Crippen LogP contribution is -2.36. The zero-order valence-corrected chi connectivity index (χ0v) is 11.9. The first-order valence-corrected chi connectivity index (χ1v) is 6.98. The lowest BCUT2D eigenvalue weighted by Gasteiger charge is -2.30. The molecular weight excluding hydrogens is 243 g/mol. The summed E-state index contributed by atoms with van der Waals surface area (Å²) in [5, 5.41) is 9.15. The van der Waals surface area contributed by atoms with Crippen LogP contribution in [0.5, 0.6) is 0 Å². The smallest absolute Gasteiger partial charge is 0.128 e. The Balaban J connectivity index is 2.83. The van der Waals surface area contributed by atoms with Gasteiger partial charge in [-0.3, -0.25) is 4.90 Å². The van der Waals surface area contributed by atoms with Crippen LogP contribution < -0.4 is 5.73 Å². The van der Waals surface area contributed by atoms with Gasteiger partial charge in [-0.1, -0.05) is 26.0 Å². The summed E-state index contributed by atoms with van der Waals surface area (Å²) in [7, 11) is 0. The van der Waals surface area contributed by atoms with Crippen molar-refractivity contribution < 1.29 is 9.50 Å². The molecule has 0 aliphatic carbocycles. The fraction of sp³-hybridized carbons (Fsp3) is 0.600. The van der Waals surface area contributed by atoms with Crippen molar-refractivity contribution in [2.24, 2.45) is 5.73 Å². The molecule has 1 aromatic rings. The number of hydrogen-bond donors (Lipinski definition) is 2. The molecule has 0 spiro atoms. The number of nitrogens with two attached hydrogens (primary N) is 1. The van der Waals surface area contributed by atoms with E-state index in [4.69, 9.17) is 10.8 Å². The second-order valence-corrected chi connectivity index (χ2v) is 4.79. The maximum absolute atomic E-state index is 14.0. The van der Waals surface area contributed by atoms with E-state index in [0.29, 0.717) is 31.2 Å². The molecule has 0 saturated heterocycles. The minimum Gasteiger partial charge on any atom is -0.395 e. The predicted molar refractivity (Wildman–Crippen MR) is 76.2 cm³/mol. The molecule has 4 heteroatoms. The van der Waals surface area contributed by atoms with Crippen LogP contribution in [0.25, 0.3) is 0 Å². The largest absolute Gasteiger partial charge is 0.395 e. The van der Waals surface area contributed by atoms with E-state index in [-0.39, 0.29) is 12.4 Å². The average molecular weight is 268 g/mol. The molecular formula is C15H25FN2O. The molecule has 0 radical (unpaired) electrons. The Labute approximate surface area is 115 Å². The van der Waals surface area contributed by atoms with Gasteiger partial charge >= 0.3 is 0 Å². The Hall–Kier alpha value is -0.970. The molecule has 1 aromatic carbocycles. The van der Waals surface area contributed by atoms with Crippen molar-refractivity contribution in [1.82, 2.24) is 4.90 Å². The highest BCUT2D eigenvalue weighted by molar-refractivity contribution is 5.24. The van der Waals surface area contributed by atoms with Crippen molar-refractivity contribution >= 4 is 0 Å². The molecule has 1 rings (SSSR count). The number of rotatable bonds is 8. The van der Waals surface area contributed by atoms with Crippen molar-refractivity contribution in [2.75, 3.05) is 13.2 Å². The molecule has 0 unspecified atom stereocenters. The third-order valence-corrected chi connectivity index (χ3v) is 3.57. The SMILES string of the molecule is CCC(CC)N(CCO)Cc1ccc(CN)cc1F. The van der Waals surface area contributed by atoms with Crippen LogP contribution in [0.1, 0.15) is 37.8 Å². The molecule has 0 heterocycles. The number of halogens is 1. The molecule has 3 N–H and O–H groups in total. The zero-order valence-electron chi connectivity index (χ0n) is 11.9. The van der Waals surface area contributed by atoms with Crippen molar-refractivity contribution in [1.29, 1.82) is 0 Å². The van der Waals surface area contributed by atoms with Gasteiger partial charge in [-0.05, 0) is 24.5 Å². The molecule has 0 aliphatic rings. The highest BCUT2D eigenvalue weighted by atomic mass is 19.1. The fourth-order valence-corrected chi connectivity index (χ4v) is 2.39. The van der Waals surface area contributed by atoms with Gasteiger partial charge in [-0.2, -0.15) is 0 Å². The monoisotopic (exact) mass is 268 g/mol. The molecule has 0 bridgehead atoms. The van der Waals surface area contributed by atoms with Crippen LogP contribution in [-0.2, 0) is 13.1 Å². The first-order valence-electron chi connectivity index (χ1n) is 6.98. The number of aliphatic hydroxyl groups excluding tert-OH is 1. The second kappa shape index (κ2) is 8.25. The molecule has 3 nitrogen and oxygen atoms in total. The summed E-state index contributed by atoms with van der Waals surface area (Å²) in [5.74, 6) is -0.211. The van der Waals surface area contributed by atoms with E-state index in [0.717, 1.165) is 18.4 Å². The Morgan fingerprint density at radius 2 is 2.00 bits per heavy atom. The Morgan fingerprint density at radius 3 is 2.47 bits per heavy atom. The van der Waals surface area contributed by atoms with Crippen molar-refractivity contribution in [2.45, 2.75) is 45.8 Å². The summed E-state index contributed by atoms with van der Waals surface area (Å²) in [6.45, 7) is 5.79. The molecule has 0 aliphatic heterocycles. The van der Waals surface area contributed by atoms with E-state index in [9.17, 15) is 4.39 Å². The predicted octanol–water partition coefficient (Wildman–Crippen LogP) is 2.27. The van der Waals surface area contributed by atoms with Gasteiger partial charge in [-0.15, -0.1) is 0 Å².